The molecular formula is C43H32N4. The molecule has 1 aromatic heterocycles. The smallest absolute Gasteiger partial charge is 0.0991 e. The highest BCUT2D eigenvalue weighted by Crippen LogP contribution is 2.36. The lowest BCUT2D eigenvalue weighted by Crippen LogP contribution is -2.00. The van der Waals surface area contributed by atoms with Crippen LogP contribution in [0.25, 0.3) is 62.3 Å². The van der Waals surface area contributed by atoms with Gasteiger partial charge in [0.2, 0.25) is 0 Å². The maximum atomic E-state index is 9.43. The third kappa shape index (κ3) is 6.38. The van der Waals surface area contributed by atoms with Gasteiger partial charge < -0.3 is 0 Å². The molecule has 224 valence electrons. The summed E-state index contributed by atoms with van der Waals surface area (Å²) < 4.78 is 0. The lowest BCUT2D eigenvalue weighted by atomic mass is 9.95. The molecule has 0 spiro atoms. The summed E-state index contributed by atoms with van der Waals surface area (Å²) in [4.78, 5) is 14.9. The Morgan fingerprint density at radius 1 is 0.681 bits per heavy atom. The number of nitriles is 1. The zero-order chi connectivity index (χ0) is 32.8. The minimum absolute atomic E-state index is 0.612. The first-order valence-electron chi connectivity index (χ1n) is 15.3. The predicted molar refractivity (Wildman–Crippen MR) is 198 cm³/mol. The molecular weight excluding hydrogens is 573 g/mol. The number of allylic oxidation sites excluding steroid dienone is 2. The molecule has 0 fully saturated rings. The number of fused-ring (bicyclic) bond motifs is 1. The van der Waals surface area contributed by atoms with Crippen LogP contribution in [0.3, 0.4) is 0 Å². The maximum Gasteiger partial charge on any atom is 0.0991 e. The van der Waals surface area contributed by atoms with Gasteiger partial charge in [0.1, 0.15) is 0 Å². The van der Waals surface area contributed by atoms with E-state index in [1.54, 1.807) is 18.2 Å². The standard InChI is InChI=1S/C43H32N4/c1-5-12-41(45-29(4)31-13-9-8-10-14-31)34-22-18-32(19-23-34)33-20-24-35(25-21-33)42-43(47-40(7-3)39(6-2)46-42)38-16-11-15-36-27-30(28-44)17-26-37(36)38/h5-27H,1-3H2,4H3/b41-12-,45-29?. The van der Waals surface area contributed by atoms with Crippen LogP contribution in [0, 0.1) is 11.3 Å². The fraction of sp³-hybridized carbons (Fsp3) is 0.0233. The molecule has 0 bridgehead atoms. The van der Waals surface area contributed by atoms with E-state index < -0.39 is 0 Å². The average Bonchev–Trinajstić information content (AvgIpc) is 3.14. The Labute approximate surface area is 275 Å². The second-order valence-corrected chi connectivity index (χ2v) is 11.0. The van der Waals surface area contributed by atoms with Crippen LogP contribution in [0.2, 0.25) is 0 Å². The Morgan fingerprint density at radius 3 is 1.96 bits per heavy atom. The third-order valence-electron chi connectivity index (χ3n) is 8.03. The SMILES string of the molecule is C=C/C=C(\N=C(C)c1ccccc1)c1ccc(-c2ccc(-c3nc(C=C)c(C=C)nc3-c3cccc4cc(C#N)ccc34)cc2)cc1. The summed E-state index contributed by atoms with van der Waals surface area (Å²) >= 11 is 0. The molecule has 0 unspecified atom stereocenters. The van der Waals surface area contributed by atoms with Crippen LogP contribution in [0.5, 0.6) is 0 Å². The van der Waals surface area contributed by atoms with Gasteiger partial charge in [0.25, 0.3) is 0 Å². The van der Waals surface area contributed by atoms with Crippen LogP contribution in [0.4, 0.5) is 0 Å². The molecule has 4 nitrogen and oxygen atoms in total. The number of hydrogen-bond acceptors (Lipinski definition) is 4. The van der Waals surface area contributed by atoms with Crippen molar-refractivity contribution in [2.24, 2.45) is 4.99 Å². The molecule has 6 rings (SSSR count). The summed E-state index contributed by atoms with van der Waals surface area (Å²) in [5, 5.41) is 11.4. The van der Waals surface area contributed by atoms with Gasteiger partial charge in [-0.05, 0) is 64.7 Å². The Hall–Kier alpha value is -6.44. The van der Waals surface area contributed by atoms with E-state index in [-0.39, 0.29) is 0 Å². The van der Waals surface area contributed by atoms with E-state index in [0.717, 1.165) is 66.9 Å². The Morgan fingerprint density at radius 2 is 1.32 bits per heavy atom. The lowest BCUT2D eigenvalue weighted by molar-refractivity contribution is 1.17. The van der Waals surface area contributed by atoms with Gasteiger partial charge in [0.05, 0.1) is 40.1 Å². The lowest BCUT2D eigenvalue weighted by Gasteiger charge is -2.14. The van der Waals surface area contributed by atoms with Gasteiger partial charge in [0, 0.05) is 22.4 Å². The topological polar surface area (TPSA) is 61.9 Å². The summed E-state index contributed by atoms with van der Waals surface area (Å²) in [6, 6.07) is 40.9. The van der Waals surface area contributed by atoms with Gasteiger partial charge in [0.15, 0.2) is 0 Å². The molecule has 0 aliphatic heterocycles. The van der Waals surface area contributed by atoms with E-state index in [4.69, 9.17) is 15.0 Å². The third-order valence-corrected chi connectivity index (χ3v) is 8.03. The minimum Gasteiger partial charge on any atom is -0.253 e. The van der Waals surface area contributed by atoms with Crippen molar-refractivity contribution in [1.29, 1.82) is 5.26 Å². The van der Waals surface area contributed by atoms with E-state index in [1.165, 1.54) is 0 Å². The van der Waals surface area contributed by atoms with Crippen LogP contribution in [-0.4, -0.2) is 15.7 Å². The van der Waals surface area contributed by atoms with Crippen molar-refractivity contribution in [2.75, 3.05) is 0 Å². The first kappa shape index (κ1) is 30.6. The zero-order valence-electron chi connectivity index (χ0n) is 26.2. The minimum atomic E-state index is 0.612. The molecule has 47 heavy (non-hydrogen) atoms. The van der Waals surface area contributed by atoms with Crippen LogP contribution >= 0.6 is 0 Å². The van der Waals surface area contributed by atoms with Gasteiger partial charge in [-0.3, -0.25) is 4.99 Å². The first-order chi connectivity index (χ1) is 23.0. The number of aromatic nitrogens is 2. The molecule has 4 heteroatoms. The number of rotatable bonds is 9. The van der Waals surface area contributed by atoms with Crippen molar-refractivity contribution in [3.63, 3.8) is 0 Å². The Bertz CT molecular complexity index is 2230. The molecule has 0 saturated heterocycles. The second-order valence-electron chi connectivity index (χ2n) is 11.0. The summed E-state index contributed by atoms with van der Waals surface area (Å²) in [6.45, 7) is 13.8. The van der Waals surface area contributed by atoms with Gasteiger partial charge in [-0.25, -0.2) is 9.97 Å². The van der Waals surface area contributed by atoms with E-state index in [2.05, 4.69) is 86.5 Å². The molecule has 6 aromatic rings. The second kappa shape index (κ2) is 13.7. The van der Waals surface area contributed by atoms with Crippen LogP contribution in [0.15, 0.2) is 152 Å². The van der Waals surface area contributed by atoms with Crippen molar-refractivity contribution in [1.82, 2.24) is 9.97 Å². The van der Waals surface area contributed by atoms with Crippen molar-refractivity contribution < 1.29 is 0 Å². The summed E-state index contributed by atoms with van der Waals surface area (Å²) in [5.41, 5.74) is 11.3. The number of aliphatic imine (C=N–C) groups is 1. The molecule has 0 radical (unpaired) electrons. The van der Waals surface area contributed by atoms with Crippen molar-refractivity contribution in [2.45, 2.75) is 6.92 Å². The van der Waals surface area contributed by atoms with Crippen molar-refractivity contribution in [3.8, 4) is 39.7 Å². The van der Waals surface area contributed by atoms with Gasteiger partial charge in [-0.2, -0.15) is 5.26 Å². The Balaban J connectivity index is 1.36. The zero-order valence-corrected chi connectivity index (χ0v) is 26.2. The molecule has 1 heterocycles. The predicted octanol–water partition coefficient (Wildman–Crippen LogP) is 10.8. The molecule has 0 aliphatic rings. The highest BCUT2D eigenvalue weighted by molar-refractivity contribution is 6.02. The highest BCUT2D eigenvalue weighted by atomic mass is 14.8. The molecule has 0 saturated carbocycles. The summed E-state index contributed by atoms with van der Waals surface area (Å²) in [5.74, 6) is 0. The number of hydrogen-bond donors (Lipinski definition) is 0. The first-order valence-corrected chi connectivity index (χ1v) is 15.3. The molecule has 0 N–H and O–H groups in total. The fourth-order valence-corrected chi connectivity index (χ4v) is 5.60. The highest BCUT2D eigenvalue weighted by Gasteiger charge is 2.17. The van der Waals surface area contributed by atoms with Gasteiger partial charge in [-0.15, -0.1) is 0 Å². The van der Waals surface area contributed by atoms with E-state index in [0.29, 0.717) is 17.0 Å². The van der Waals surface area contributed by atoms with Crippen molar-refractivity contribution >= 4 is 34.3 Å². The molecule has 0 atom stereocenters. The largest absolute Gasteiger partial charge is 0.253 e. The van der Waals surface area contributed by atoms with Crippen LogP contribution in [0.1, 0.15) is 35.0 Å². The number of benzene rings is 5. The monoisotopic (exact) mass is 604 g/mol. The van der Waals surface area contributed by atoms with E-state index >= 15 is 0 Å². The van der Waals surface area contributed by atoms with Crippen molar-refractivity contribution in [3.05, 3.63) is 175 Å². The quantitative estimate of drug-likeness (QED) is 0.122. The van der Waals surface area contributed by atoms with Gasteiger partial charge >= 0.3 is 0 Å². The van der Waals surface area contributed by atoms with E-state index in [1.807, 2.05) is 67.6 Å². The fourth-order valence-electron chi connectivity index (χ4n) is 5.60. The number of nitrogens with zero attached hydrogens (tertiary/aromatic N) is 4. The van der Waals surface area contributed by atoms with Gasteiger partial charge in [-0.1, -0.05) is 129 Å². The normalized spacial score (nSPS) is 11.6. The summed E-state index contributed by atoms with van der Waals surface area (Å²) in [7, 11) is 0. The Kier molecular flexibility index (Phi) is 8.90. The van der Waals surface area contributed by atoms with E-state index in [9.17, 15) is 5.26 Å². The maximum absolute atomic E-state index is 9.43. The molecule has 0 aliphatic carbocycles. The van der Waals surface area contributed by atoms with Crippen LogP contribution < -0.4 is 0 Å². The average molecular weight is 605 g/mol. The molecule has 5 aromatic carbocycles. The molecule has 0 amide bonds. The summed E-state index contributed by atoms with van der Waals surface area (Å²) in [6.07, 6.45) is 7.10. The van der Waals surface area contributed by atoms with Crippen LogP contribution in [-0.2, 0) is 0 Å².